The minimum atomic E-state index is -3.29. The maximum absolute atomic E-state index is 11.8. The first kappa shape index (κ1) is 15.3. The second kappa shape index (κ2) is 5.36. The second-order valence-electron chi connectivity index (χ2n) is 5.12. The van der Waals surface area contributed by atoms with Gasteiger partial charge in [-0.3, -0.25) is 0 Å². The van der Waals surface area contributed by atoms with Gasteiger partial charge in [0.05, 0.1) is 4.90 Å². The van der Waals surface area contributed by atoms with E-state index < -0.39 is 27.4 Å². The van der Waals surface area contributed by atoms with Crippen LogP contribution in [0.1, 0.15) is 19.3 Å². The Morgan fingerprint density at radius 2 is 1.76 bits per heavy atom. The highest BCUT2D eigenvalue weighted by Gasteiger charge is 2.45. The number of carbonyl (C=O) groups excluding carboxylic acids is 1. The van der Waals surface area contributed by atoms with E-state index in [9.17, 15) is 18.0 Å². The largest absolute Gasteiger partial charge is 0.480 e. The summed E-state index contributed by atoms with van der Waals surface area (Å²) in [6.07, 6.45) is 2.66. The van der Waals surface area contributed by atoms with Crippen molar-refractivity contribution < 1.29 is 23.1 Å². The van der Waals surface area contributed by atoms with Crippen LogP contribution < -0.4 is 10.6 Å². The number of benzene rings is 1. The molecule has 2 rings (SSSR count). The normalized spacial score (nSPS) is 16.6. The van der Waals surface area contributed by atoms with Crippen LogP contribution in [0.25, 0.3) is 0 Å². The Morgan fingerprint density at radius 1 is 1.19 bits per heavy atom. The van der Waals surface area contributed by atoms with Crippen LogP contribution in [-0.2, 0) is 14.6 Å². The number of aliphatic carboxylic acids is 1. The van der Waals surface area contributed by atoms with Crippen LogP contribution in [0.3, 0.4) is 0 Å². The van der Waals surface area contributed by atoms with E-state index in [1.807, 2.05) is 0 Å². The molecule has 0 radical (unpaired) electrons. The van der Waals surface area contributed by atoms with Crippen molar-refractivity contribution in [3.8, 4) is 0 Å². The fraction of sp³-hybridized carbons (Fsp3) is 0.385. The van der Waals surface area contributed by atoms with Crippen molar-refractivity contribution in [3.63, 3.8) is 0 Å². The summed E-state index contributed by atoms with van der Waals surface area (Å²) in [5, 5.41) is 14.1. The molecule has 7 nitrogen and oxygen atoms in total. The van der Waals surface area contributed by atoms with Gasteiger partial charge in [0.2, 0.25) is 0 Å². The minimum absolute atomic E-state index is 0.148. The van der Waals surface area contributed by atoms with Crippen LogP contribution >= 0.6 is 0 Å². The Kier molecular flexibility index (Phi) is 3.91. The highest BCUT2D eigenvalue weighted by molar-refractivity contribution is 7.90. The molecular formula is C13H16N2O5S. The highest BCUT2D eigenvalue weighted by Crippen LogP contribution is 2.32. The topological polar surface area (TPSA) is 113 Å². The number of carboxylic acids is 1. The molecule has 21 heavy (non-hydrogen) atoms. The van der Waals surface area contributed by atoms with E-state index in [0.29, 0.717) is 18.5 Å². The molecule has 114 valence electrons. The minimum Gasteiger partial charge on any atom is -0.480 e. The van der Waals surface area contributed by atoms with Gasteiger partial charge in [-0.05, 0) is 43.5 Å². The van der Waals surface area contributed by atoms with Crippen LogP contribution in [0.5, 0.6) is 0 Å². The number of sulfone groups is 1. The third-order valence-corrected chi connectivity index (χ3v) is 4.64. The van der Waals surface area contributed by atoms with Crippen molar-refractivity contribution in [1.82, 2.24) is 5.32 Å². The Bertz CT molecular complexity index is 662. The highest BCUT2D eigenvalue weighted by atomic mass is 32.2. The second-order valence-corrected chi connectivity index (χ2v) is 7.13. The molecule has 3 N–H and O–H groups in total. The average Bonchev–Trinajstić information content (AvgIpc) is 2.33. The lowest BCUT2D eigenvalue weighted by molar-refractivity contribution is -0.148. The zero-order valence-corrected chi connectivity index (χ0v) is 12.2. The first-order chi connectivity index (χ1) is 9.73. The summed E-state index contributed by atoms with van der Waals surface area (Å²) in [5.41, 5.74) is -0.795. The number of hydrogen-bond acceptors (Lipinski definition) is 4. The Morgan fingerprint density at radius 3 is 2.14 bits per heavy atom. The van der Waals surface area contributed by atoms with E-state index in [-0.39, 0.29) is 4.90 Å². The standard InChI is InChI=1S/C13H16N2O5S/c1-21(19,20)10-5-3-9(4-6-10)14-12(18)15-13(11(16)17)7-2-8-13/h3-6H,2,7-8H2,1H3,(H,16,17)(H2,14,15,18). The third kappa shape index (κ3) is 3.33. The lowest BCUT2D eigenvalue weighted by atomic mass is 9.77. The molecule has 1 aliphatic rings. The number of hydrogen-bond donors (Lipinski definition) is 3. The van der Waals surface area contributed by atoms with Crippen LogP contribution in [0.15, 0.2) is 29.2 Å². The number of rotatable bonds is 4. The molecule has 0 unspecified atom stereocenters. The summed E-state index contributed by atoms with van der Waals surface area (Å²) in [6, 6.07) is 5.03. The summed E-state index contributed by atoms with van der Waals surface area (Å²) in [5.74, 6) is -1.05. The van der Waals surface area contributed by atoms with E-state index in [1.165, 1.54) is 24.3 Å². The van der Waals surface area contributed by atoms with Crippen molar-refractivity contribution in [2.75, 3.05) is 11.6 Å². The Balaban J connectivity index is 2.02. The van der Waals surface area contributed by atoms with Crippen LogP contribution in [0.4, 0.5) is 10.5 Å². The molecule has 1 saturated carbocycles. The van der Waals surface area contributed by atoms with Crippen molar-refractivity contribution in [1.29, 1.82) is 0 Å². The molecule has 0 aromatic heterocycles. The summed E-state index contributed by atoms with van der Waals surface area (Å²) in [4.78, 5) is 23.1. The van der Waals surface area contributed by atoms with E-state index in [1.54, 1.807) is 0 Å². The molecule has 2 amide bonds. The van der Waals surface area contributed by atoms with Gasteiger partial charge < -0.3 is 15.7 Å². The van der Waals surface area contributed by atoms with Gasteiger partial charge in [0, 0.05) is 11.9 Å². The number of carbonyl (C=O) groups is 2. The number of carboxylic acid groups (broad SMARTS) is 1. The first-order valence-corrected chi connectivity index (χ1v) is 8.25. The number of amides is 2. The first-order valence-electron chi connectivity index (χ1n) is 6.36. The van der Waals surface area contributed by atoms with Crippen molar-refractivity contribution in [2.24, 2.45) is 0 Å². The molecule has 0 saturated heterocycles. The van der Waals surface area contributed by atoms with E-state index in [0.717, 1.165) is 12.7 Å². The van der Waals surface area contributed by atoms with Gasteiger partial charge in [-0.1, -0.05) is 0 Å². The summed E-state index contributed by atoms with van der Waals surface area (Å²) in [6.45, 7) is 0. The summed E-state index contributed by atoms with van der Waals surface area (Å²) >= 11 is 0. The van der Waals surface area contributed by atoms with Crippen LogP contribution in [-0.4, -0.2) is 37.3 Å². The third-order valence-electron chi connectivity index (χ3n) is 3.51. The molecule has 8 heteroatoms. The lowest BCUT2D eigenvalue weighted by Gasteiger charge is -2.38. The quantitative estimate of drug-likeness (QED) is 0.773. The van der Waals surface area contributed by atoms with Crippen molar-refractivity contribution in [2.45, 2.75) is 29.7 Å². The van der Waals surface area contributed by atoms with Gasteiger partial charge in [-0.25, -0.2) is 18.0 Å². The van der Waals surface area contributed by atoms with E-state index in [2.05, 4.69) is 10.6 Å². The molecule has 1 aliphatic carbocycles. The van der Waals surface area contributed by atoms with Crippen LogP contribution in [0.2, 0.25) is 0 Å². The monoisotopic (exact) mass is 312 g/mol. The Labute approximate surface area is 122 Å². The number of anilines is 1. The maximum atomic E-state index is 11.8. The average molecular weight is 312 g/mol. The van der Waals surface area contributed by atoms with Crippen molar-refractivity contribution >= 4 is 27.5 Å². The van der Waals surface area contributed by atoms with Crippen molar-refractivity contribution in [3.05, 3.63) is 24.3 Å². The van der Waals surface area contributed by atoms with Crippen LogP contribution in [0, 0.1) is 0 Å². The maximum Gasteiger partial charge on any atom is 0.329 e. The molecule has 1 fully saturated rings. The van der Waals surface area contributed by atoms with Gasteiger partial charge in [-0.15, -0.1) is 0 Å². The van der Waals surface area contributed by atoms with Gasteiger partial charge >= 0.3 is 12.0 Å². The van der Waals surface area contributed by atoms with E-state index in [4.69, 9.17) is 5.11 Å². The smallest absolute Gasteiger partial charge is 0.329 e. The molecule has 1 aromatic carbocycles. The molecule has 1 aromatic rings. The molecule has 0 aliphatic heterocycles. The fourth-order valence-corrected chi connectivity index (χ4v) is 2.72. The van der Waals surface area contributed by atoms with Gasteiger partial charge in [-0.2, -0.15) is 0 Å². The zero-order chi connectivity index (χ0) is 15.7. The zero-order valence-electron chi connectivity index (χ0n) is 11.4. The molecule has 0 heterocycles. The Hall–Kier alpha value is -2.09. The molecule has 0 spiro atoms. The fourth-order valence-electron chi connectivity index (χ4n) is 2.09. The number of nitrogens with one attached hydrogen (secondary N) is 2. The van der Waals surface area contributed by atoms with Gasteiger partial charge in [0.25, 0.3) is 0 Å². The predicted molar refractivity (Wildman–Crippen MR) is 75.9 cm³/mol. The molecule has 0 atom stereocenters. The molecule has 0 bridgehead atoms. The SMILES string of the molecule is CS(=O)(=O)c1ccc(NC(=O)NC2(C(=O)O)CCC2)cc1. The molecular weight excluding hydrogens is 296 g/mol. The lowest BCUT2D eigenvalue weighted by Crippen LogP contribution is -2.60. The summed E-state index contributed by atoms with van der Waals surface area (Å²) < 4.78 is 22.6. The number of urea groups is 1. The predicted octanol–water partition coefficient (Wildman–Crippen LogP) is 1.22. The van der Waals surface area contributed by atoms with Gasteiger partial charge in [0.1, 0.15) is 5.54 Å². The van der Waals surface area contributed by atoms with Gasteiger partial charge in [0.15, 0.2) is 9.84 Å². The summed E-state index contributed by atoms with van der Waals surface area (Å²) in [7, 11) is -3.29. The van der Waals surface area contributed by atoms with E-state index >= 15 is 0 Å².